The number of aliphatic imine (C=N–C) groups is 1. The van der Waals surface area contributed by atoms with Gasteiger partial charge < -0.3 is 20.7 Å². The summed E-state index contributed by atoms with van der Waals surface area (Å²) in [5, 5.41) is 12.3. The van der Waals surface area contributed by atoms with Crippen LogP contribution < -0.4 is 15.5 Å². The Morgan fingerprint density at radius 3 is 2.61 bits per heavy atom. The molecule has 4 N–H and O–H groups in total. The van der Waals surface area contributed by atoms with Crippen LogP contribution in [0.2, 0.25) is 0 Å². The minimum atomic E-state index is -4.31. The molecule has 2 unspecified atom stereocenters. The standard InChI is InChI=1S/C29H27F3N6O2S/c30-29(31,32)19-10-11-23-24(14-19)35-27(34-23)37-13-12-22-21(15-37)26(40)38(20-4-2-1-3-5-20)28(36-22)41-16-17-6-8-18(9-7-17)25(33)39/h1-11,19,26,40H,12-16H2,(H2,33,39)(H,34,35). The molecule has 1 amide bonds. The summed E-state index contributed by atoms with van der Waals surface area (Å²) in [6, 6.07) is 16.5. The first kappa shape index (κ1) is 27.2. The lowest BCUT2D eigenvalue weighted by Crippen LogP contribution is -2.48. The second-order valence-corrected chi connectivity index (χ2v) is 11.0. The van der Waals surface area contributed by atoms with Crippen molar-refractivity contribution in [3.63, 3.8) is 0 Å². The molecule has 0 saturated heterocycles. The van der Waals surface area contributed by atoms with Gasteiger partial charge in [-0.25, -0.2) is 9.98 Å². The lowest BCUT2D eigenvalue weighted by Gasteiger charge is -2.40. The van der Waals surface area contributed by atoms with Crippen molar-refractivity contribution in [2.24, 2.45) is 16.6 Å². The highest BCUT2D eigenvalue weighted by Gasteiger charge is 2.40. The Hall–Kier alpha value is -4.03. The topological polar surface area (TPSA) is 111 Å². The fourth-order valence-corrected chi connectivity index (χ4v) is 6.18. The van der Waals surface area contributed by atoms with E-state index in [0.29, 0.717) is 58.9 Å². The van der Waals surface area contributed by atoms with E-state index in [9.17, 15) is 23.1 Å². The number of thioether (sulfide) groups is 1. The molecule has 2 atom stereocenters. The van der Waals surface area contributed by atoms with E-state index in [1.54, 1.807) is 17.0 Å². The Morgan fingerprint density at radius 2 is 1.90 bits per heavy atom. The quantitative estimate of drug-likeness (QED) is 0.398. The summed E-state index contributed by atoms with van der Waals surface area (Å²) in [6.07, 6.45) is -2.35. The van der Waals surface area contributed by atoms with Gasteiger partial charge in [-0.2, -0.15) is 13.2 Å². The molecule has 1 aromatic heterocycles. The Balaban J connectivity index is 1.25. The van der Waals surface area contributed by atoms with Crippen molar-refractivity contribution in [2.45, 2.75) is 31.0 Å². The number of aromatic amines is 1. The minimum Gasteiger partial charge on any atom is -0.369 e. The van der Waals surface area contributed by atoms with E-state index >= 15 is 0 Å². The monoisotopic (exact) mass is 580 g/mol. The van der Waals surface area contributed by atoms with E-state index in [-0.39, 0.29) is 6.42 Å². The van der Waals surface area contributed by atoms with E-state index in [0.717, 1.165) is 23.0 Å². The van der Waals surface area contributed by atoms with Gasteiger partial charge in [0.25, 0.3) is 0 Å². The van der Waals surface area contributed by atoms with Gasteiger partial charge in [-0.05, 0) is 35.9 Å². The maximum atomic E-state index is 13.3. The van der Waals surface area contributed by atoms with Crippen LogP contribution in [0.25, 0.3) is 6.08 Å². The number of hydrogen-bond donors (Lipinski definition) is 3. The van der Waals surface area contributed by atoms with E-state index in [1.165, 1.54) is 17.8 Å². The average Bonchev–Trinajstić information content (AvgIpc) is 3.40. The van der Waals surface area contributed by atoms with Crippen LogP contribution in [0.4, 0.5) is 24.8 Å². The number of carbonyl (C=O) groups is 1. The number of anilines is 2. The molecule has 6 rings (SSSR count). The molecule has 0 bridgehead atoms. The zero-order valence-corrected chi connectivity index (χ0v) is 22.6. The summed E-state index contributed by atoms with van der Waals surface area (Å²) in [7, 11) is 0. The van der Waals surface area contributed by atoms with Gasteiger partial charge in [-0.15, -0.1) is 0 Å². The molecule has 3 aromatic rings. The molecule has 2 aromatic carbocycles. The molecular formula is C29H27F3N6O2S. The van der Waals surface area contributed by atoms with Crippen LogP contribution in [0, 0.1) is 5.92 Å². The number of amides is 1. The van der Waals surface area contributed by atoms with Gasteiger partial charge in [0.15, 0.2) is 11.4 Å². The number of aliphatic hydroxyl groups is 1. The molecule has 3 aliphatic rings. The molecule has 41 heavy (non-hydrogen) atoms. The summed E-state index contributed by atoms with van der Waals surface area (Å²) >= 11 is 1.48. The maximum absolute atomic E-state index is 13.3. The van der Waals surface area contributed by atoms with Crippen LogP contribution in [-0.4, -0.2) is 51.6 Å². The number of aliphatic hydroxyl groups excluding tert-OH is 1. The second kappa shape index (κ2) is 10.7. The third kappa shape index (κ3) is 5.49. The van der Waals surface area contributed by atoms with Crippen LogP contribution in [0.1, 0.15) is 33.7 Å². The van der Waals surface area contributed by atoms with Crippen molar-refractivity contribution in [3.8, 4) is 0 Å². The van der Waals surface area contributed by atoms with E-state index < -0.39 is 24.2 Å². The number of fused-ring (bicyclic) bond motifs is 1. The predicted molar refractivity (Wildman–Crippen MR) is 153 cm³/mol. The molecule has 0 fully saturated rings. The summed E-state index contributed by atoms with van der Waals surface area (Å²) in [5.74, 6) is -0.977. The highest BCUT2D eigenvalue weighted by Crippen LogP contribution is 2.38. The molecule has 12 heteroatoms. The Morgan fingerprint density at radius 1 is 1.15 bits per heavy atom. The highest BCUT2D eigenvalue weighted by molar-refractivity contribution is 8.13. The normalized spacial score (nSPS) is 20.5. The highest BCUT2D eigenvalue weighted by atomic mass is 32.2. The third-order valence-electron chi connectivity index (χ3n) is 7.41. The number of rotatable bonds is 5. The number of primary amides is 1. The first-order chi connectivity index (χ1) is 19.7. The number of imidazole rings is 1. The predicted octanol–water partition coefficient (Wildman–Crippen LogP) is 4.85. The van der Waals surface area contributed by atoms with Crippen molar-refractivity contribution < 1.29 is 23.1 Å². The van der Waals surface area contributed by atoms with Gasteiger partial charge in [-0.3, -0.25) is 9.69 Å². The zero-order valence-electron chi connectivity index (χ0n) is 21.8. The van der Waals surface area contributed by atoms with Crippen LogP contribution in [-0.2, 0) is 12.2 Å². The number of allylic oxidation sites excluding steroid dienone is 1. The van der Waals surface area contributed by atoms with Gasteiger partial charge in [0, 0.05) is 54.2 Å². The number of H-pyrrole nitrogens is 1. The third-order valence-corrected chi connectivity index (χ3v) is 8.44. The first-order valence-corrected chi connectivity index (χ1v) is 14.1. The smallest absolute Gasteiger partial charge is 0.369 e. The Bertz CT molecular complexity index is 1550. The SMILES string of the molecule is NC(=O)c1ccc(CSC2=NC3=C(CN(c4nc5c([nH]4)CC(C(F)(F)F)C=C5)CC3)C(O)N2c2ccccc2)cc1. The number of halogens is 3. The number of amidine groups is 1. The summed E-state index contributed by atoms with van der Waals surface area (Å²) < 4.78 is 39.8. The average molecular weight is 581 g/mol. The fraction of sp³-hybridized carbons (Fsp3) is 0.276. The summed E-state index contributed by atoms with van der Waals surface area (Å²) in [4.78, 5) is 27.7. The number of hydrogen-bond acceptors (Lipinski definition) is 7. The molecule has 0 saturated carbocycles. The van der Waals surface area contributed by atoms with Gasteiger partial charge >= 0.3 is 6.18 Å². The van der Waals surface area contributed by atoms with Crippen molar-refractivity contribution >= 4 is 40.5 Å². The number of benzene rings is 2. The van der Waals surface area contributed by atoms with Crippen molar-refractivity contribution in [1.82, 2.24) is 9.97 Å². The number of para-hydroxylation sites is 1. The molecular weight excluding hydrogens is 553 g/mol. The molecule has 8 nitrogen and oxygen atoms in total. The summed E-state index contributed by atoms with van der Waals surface area (Å²) in [6.45, 7) is 0.875. The van der Waals surface area contributed by atoms with Gasteiger partial charge in [0.05, 0.1) is 17.3 Å². The maximum Gasteiger partial charge on any atom is 0.395 e. The molecule has 2 aliphatic heterocycles. The van der Waals surface area contributed by atoms with Gasteiger partial charge in [0.1, 0.15) is 0 Å². The van der Waals surface area contributed by atoms with Crippen LogP contribution in [0.5, 0.6) is 0 Å². The van der Waals surface area contributed by atoms with Crippen molar-refractivity contribution in [1.29, 1.82) is 0 Å². The van der Waals surface area contributed by atoms with Crippen molar-refractivity contribution in [3.05, 3.63) is 94.5 Å². The molecule has 212 valence electrons. The summed E-state index contributed by atoms with van der Waals surface area (Å²) in [5.41, 5.74) is 10.0. The first-order valence-electron chi connectivity index (χ1n) is 13.1. The van der Waals surface area contributed by atoms with E-state index in [4.69, 9.17) is 10.7 Å². The molecule has 3 heterocycles. The Kier molecular flexibility index (Phi) is 7.12. The zero-order chi connectivity index (χ0) is 28.7. The number of nitrogens with two attached hydrogens (primary N) is 1. The van der Waals surface area contributed by atoms with Crippen LogP contribution >= 0.6 is 11.8 Å². The van der Waals surface area contributed by atoms with E-state index in [2.05, 4.69) is 9.97 Å². The van der Waals surface area contributed by atoms with Crippen LogP contribution in [0.3, 0.4) is 0 Å². The number of nitrogens with zero attached hydrogens (tertiary/aromatic N) is 4. The van der Waals surface area contributed by atoms with Crippen LogP contribution in [0.15, 0.2) is 76.9 Å². The number of nitrogens with one attached hydrogen (secondary N) is 1. The molecule has 0 spiro atoms. The van der Waals surface area contributed by atoms with E-state index in [1.807, 2.05) is 47.4 Å². The molecule has 0 radical (unpaired) electrons. The lowest BCUT2D eigenvalue weighted by atomic mass is 9.96. The van der Waals surface area contributed by atoms with Gasteiger partial charge in [0.2, 0.25) is 11.9 Å². The molecule has 1 aliphatic carbocycles. The largest absolute Gasteiger partial charge is 0.395 e. The number of aromatic nitrogens is 2. The van der Waals surface area contributed by atoms with Gasteiger partial charge in [-0.1, -0.05) is 48.2 Å². The fourth-order valence-electron chi connectivity index (χ4n) is 5.17. The number of alkyl halides is 3. The Labute approximate surface area is 238 Å². The number of carbonyl (C=O) groups excluding carboxylic acids is 1. The minimum absolute atomic E-state index is 0.176. The van der Waals surface area contributed by atoms with Crippen molar-refractivity contribution in [2.75, 3.05) is 22.9 Å². The second-order valence-electron chi connectivity index (χ2n) is 10.1. The lowest BCUT2D eigenvalue weighted by molar-refractivity contribution is -0.160.